The maximum Gasteiger partial charge on any atom is 0.410 e. The number of benzene rings is 2. The number of hydrogen-bond acceptors (Lipinski definition) is 10. The standard InChI is InChI=1S/C43H47F3N6O5/c1-6-30-32(45)13-10-25-16-29(56-23-54-5)17-31(33(25)30)37-35(46)38-34(36(47-37)24-8-9-24)39(49-40(48-38)55-22-43-14-7-15-51(43)19-26(44)18-43)50-20-27-11-12-28(21-50)52(27)41(53)57-42(2,3)4/h1,10,13,16-17,24,26-28H,7-9,11-12,14-15,18-23H2,2-5H3/t26-,27-,28+,43+/m1/s1. The Balaban J connectivity index is 1.21. The zero-order chi connectivity index (χ0) is 39.8. The molecule has 0 N–H and O–H groups in total. The molecule has 4 aromatic rings. The van der Waals surface area contributed by atoms with E-state index in [-0.39, 0.29) is 65.8 Å². The SMILES string of the molecule is C#Cc1c(F)ccc2cc(OCOC)cc(-c3nc(C4CC4)c4c(N5C[C@H]6CC[C@@H](C5)N6C(=O)OC(C)(C)C)nc(OC[C@@]56CCCN5C[C@H](F)C6)nc4c3F)c12. The molecule has 1 saturated carbocycles. The Morgan fingerprint density at radius 2 is 1.79 bits per heavy atom. The maximum absolute atomic E-state index is 17.7. The average Bonchev–Trinajstić information content (AvgIpc) is 3.80. The fraction of sp³-hybridized carbons (Fsp3) is 0.535. The first-order valence-corrected chi connectivity index (χ1v) is 19.9. The van der Waals surface area contributed by atoms with E-state index >= 15 is 8.78 Å². The summed E-state index contributed by atoms with van der Waals surface area (Å²) in [4.78, 5) is 34.4. The summed E-state index contributed by atoms with van der Waals surface area (Å²) in [5, 5.41) is 1.33. The molecule has 9 rings (SSSR count). The molecule has 2 bridgehead atoms. The lowest BCUT2D eigenvalue weighted by atomic mass is 9.95. The van der Waals surface area contributed by atoms with Crippen LogP contribution in [0.25, 0.3) is 32.9 Å². The third-order valence-corrected chi connectivity index (χ3v) is 12.1. The number of nitrogens with zero attached hydrogens (tertiary/aromatic N) is 6. The van der Waals surface area contributed by atoms with Crippen molar-refractivity contribution in [3.05, 3.63) is 47.2 Å². The molecule has 4 aliphatic heterocycles. The fourth-order valence-corrected chi connectivity index (χ4v) is 9.57. The molecule has 5 fully saturated rings. The molecule has 0 radical (unpaired) electrons. The van der Waals surface area contributed by atoms with Gasteiger partial charge in [-0.05, 0) is 89.4 Å². The number of ether oxygens (including phenoxy) is 4. The highest BCUT2D eigenvalue weighted by Gasteiger charge is 2.50. The Labute approximate surface area is 329 Å². The van der Waals surface area contributed by atoms with Crippen molar-refractivity contribution in [3.8, 4) is 35.4 Å². The van der Waals surface area contributed by atoms with Gasteiger partial charge in [0.25, 0.3) is 0 Å². The monoisotopic (exact) mass is 784 g/mol. The number of halogens is 3. The summed E-state index contributed by atoms with van der Waals surface area (Å²) in [5.74, 6) is 1.93. The predicted octanol–water partition coefficient (Wildman–Crippen LogP) is 7.51. The molecule has 0 spiro atoms. The number of carbonyl (C=O) groups is 1. The van der Waals surface area contributed by atoms with Gasteiger partial charge in [-0.3, -0.25) is 9.80 Å². The van der Waals surface area contributed by atoms with Crippen LogP contribution < -0.4 is 14.4 Å². The van der Waals surface area contributed by atoms with Crippen molar-refractivity contribution in [2.45, 2.75) is 101 Å². The van der Waals surface area contributed by atoms with Gasteiger partial charge in [0.1, 0.15) is 47.0 Å². The van der Waals surface area contributed by atoms with Crippen LogP contribution >= 0.6 is 0 Å². The van der Waals surface area contributed by atoms with Gasteiger partial charge in [-0.2, -0.15) is 9.97 Å². The molecule has 1 amide bonds. The van der Waals surface area contributed by atoms with Crippen LogP contribution in [0.2, 0.25) is 0 Å². The quantitative estimate of drug-likeness (QED) is 0.125. The largest absolute Gasteiger partial charge is 0.468 e. The first kappa shape index (κ1) is 37.7. The highest BCUT2D eigenvalue weighted by atomic mass is 19.1. The Bertz CT molecular complexity index is 2300. The van der Waals surface area contributed by atoms with Gasteiger partial charge >= 0.3 is 12.1 Å². The number of piperazine rings is 1. The number of aromatic nitrogens is 3. The fourth-order valence-electron chi connectivity index (χ4n) is 9.57. The van der Waals surface area contributed by atoms with Crippen molar-refractivity contribution in [2.75, 3.05) is 51.6 Å². The van der Waals surface area contributed by atoms with Crippen LogP contribution in [0.4, 0.5) is 23.8 Å². The van der Waals surface area contributed by atoms with Gasteiger partial charge in [-0.25, -0.2) is 22.9 Å². The second-order valence-electron chi connectivity index (χ2n) is 17.2. The summed E-state index contributed by atoms with van der Waals surface area (Å²) in [5.41, 5.74) is -0.337. The van der Waals surface area contributed by atoms with E-state index in [9.17, 15) is 9.18 Å². The maximum atomic E-state index is 17.7. The molecule has 2 aromatic carbocycles. The smallest absolute Gasteiger partial charge is 0.410 e. The van der Waals surface area contributed by atoms with Crippen molar-refractivity contribution < 1.29 is 36.9 Å². The number of alkyl halides is 1. The summed E-state index contributed by atoms with van der Waals surface area (Å²) in [6, 6.07) is 5.82. The minimum Gasteiger partial charge on any atom is -0.468 e. The van der Waals surface area contributed by atoms with Crippen molar-refractivity contribution >= 4 is 33.6 Å². The lowest BCUT2D eigenvalue weighted by Gasteiger charge is -2.42. The number of amides is 1. The van der Waals surface area contributed by atoms with E-state index in [0.29, 0.717) is 59.5 Å². The van der Waals surface area contributed by atoms with Gasteiger partial charge in [-0.15, -0.1) is 6.42 Å². The van der Waals surface area contributed by atoms with Crippen molar-refractivity contribution in [1.82, 2.24) is 24.8 Å². The number of rotatable bonds is 9. The normalized spacial score (nSPS) is 24.6. The Hall–Kier alpha value is -4.87. The third-order valence-electron chi connectivity index (χ3n) is 12.1. The van der Waals surface area contributed by atoms with Crippen LogP contribution in [0.5, 0.6) is 11.8 Å². The molecule has 5 aliphatic rings. The van der Waals surface area contributed by atoms with E-state index in [1.165, 1.54) is 13.2 Å². The second-order valence-corrected chi connectivity index (χ2v) is 17.2. The second kappa shape index (κ2) is 14.2. The van der Waals surface area contributed by atoms with Crippen LogP contribution in [0, 0.1) is 24.0 Å². The van der Waals surface area contributed by atoms with E-state index in [0.717, 1.165) is 45.1 Å². The van der Waals surface area contributed by atoms with E-state index < -0.39 is 28.9 Å². The van der Waals surface area contributed by atoms with Crippen LogP contribution in [0.1, 0.15) is 82.9 Å². The van der Waals surface area contributed by atoms with Crippen molar-refractivity contribution in [2.24, 2.45) is 0 Å². The van der Waals surface area contributed by atoms with Crippen LogP contribution in [0.15, 0.2) is 24.3 Å². The van der Waals surface area contributed by atoms with E-state index in [2.05, 4.69) is 15.7 Å². The van der Waals surface area contributed by atoms with E-state index in [1.54, 1.807) is 18.2 Å². The Morgan fingerprint density at radius 1 is 1.02 bits per heavy atom. The molecule has 11 nitrogen and oxygen atoms in total. The summed E-state index contributed by atoms with van der Waals surface area (Å²) < 4.78 is 71.1. The number of hydrogen-bond donors (Lipinski definition) is 0. The van der Waals surface area contributed by atoms with Gasteiger partial charge < -0.3 is 23.8 Å². The van der Waals surface area contributed by atoms with E-state index in [1.807, 2.05) is 25.7 Å². The lowest BCUT2D eigenvalue weighted by Crippen LogP contribution is -2.57. The van der Waals surface area contributed by atoms with Crippen LogP contribution in [-0.4, -0.2) is 107 Å². The molecule has 1 aliphatic carbocycles. The number of pyridine rings is 1. The van der Waals surface area contributed by atoms with Gasteiger partial charge in [0.15, 0.2) is 12.6 Å². The minimum absolute atomic E-state index is 0.00492. The van der Waals surface area contributed by atoms with E-state index in [4.69, 9.17) is 40.3 Å². The van der Waals surface area contributed by atoms with Gasteiger partial charge in [0, 0.05) is 50.0 Å². The summed E-state index contributed by atoms with van der Waals surface area (Å²) in [6.07, 6.45) is 9.85. The summed E-state index contributed by atoms with van der Waals surface area (Å²) in [6.45, 7) is 7.65. The van der Waals surface area contributed by atoms with Crippen LogP contribution in [0.3, 0.4) is 0 Å². The number of carbonyl (C=O) groups excluding carboxylic acids is 1. The minimum atomic E-state index is -0.956. The van der Waals surface area contributed by atoms with Crippen molar-refractivity contribution in [3.63, 3.8) is 0 Å². The topological polar surface area (TPSA) is 102 Å². The lowest BCUT2D eigenvalue weighted by molar-refractivity contribution is 0.0122. The first-order valence-electron chi connectivity index (χ1n) is 19.9. The molecular weight excluding hydrogens is 738 g/mol. The molecule has 0 unspecified atom stereocenters. The first-order chi connectivity index (χ1) is 27.4. The number of terminal acetylenes is 1. The van der Waals surface area contributed by atoms with Crippen LogP contribution in [-0.2, 0) is 9.47 Å². The van der Waals surface area contributed by atoms with Gasteiger partial charge in [0.05, 0.1) is 34.3 Å². The number of methoxy groups -OCH3 is 1. The molecular formula is C43H47F3N6O5. The Morgan fingerprint density at radius 3 is 2.49 bits per heavy atom. The number of fused-ring (bicyclic) bond motifs is 5. The molecule has 4 saturated heterocycles. The molecule has 2 aromatic heterocycles. The average molecular weight is 785 g/mol. The molecule has 57 heavy (non-hydrogen) atoms. The summed E-state index contributed by atoms with van der Waals surface area (Å²) >= 11 is 0. The zero-order valence-corrected chi connectivity index (χ0v) is 32.7. The third kappa shape index (κ3) is 6.76. The Kier molecular flexibility index (Phi) is 9.39. The number of anilines is 1. The molecule has 300 valence electrons. The summed E-state index contributed by atoms with van der Waals surface area (Å²) in [7, 11) is 1.49. The highest BCUT2D eigenvalue weighted by Crippen LogP contribution is 2.49. The van der Waals surface area contributed by atoms with Gasteiger partial charge in [0.2, 0.25) is 0 Å². The highest BCUT2D eigenvalue weighted by molar-refractivity contribution is 6.03. The predicted molar refractivity (Wildman–Crippen MR) is 208 cm³/mol. The van der Waals surface area contributed by atoms with Gasteiger partial charge in [-0.1, -0.05) is 12.0 Å². The molecule has 6 heterocycles. The van der Waals surface area contributed by atoms with Crippen molar-refractivity contribution in [1.29, 1.82) is 0 Å². The molecule has 4 atom stereocenters. The molecule has 14 heteroatoms. The zero-order valence-electron chi connectivity index (χ0n) is 32.7.